The van der Waals surface area contributed by atoms with Crippen LogP contribution in [0, 0.1) is 0 Å². The van der Waals surface area contributed by atoms with Gasteiger partial charge in [0.2, 0.25) is 5.91 Å². The minimum absolute atomic E-state index is 0.0141. The lowest BCUT2D eigenvalue weighted by Gasteiger charge is -2.30. The van der Waals surface area contributed by atoms with Gasteiger partial charge in [0.15, 0.2) is 6.61 Å². The summed E-state index contributed by atoms with van der Waals surface area (Å²) >= 11 is 0. The number of para-hydroxylation sites is 1. The van der Waals surface area contributed by atoms with Crippen LogP contribution in [0.25, 0.3) is 0 Å². The number of rotatable bonds is 8. The number of anilines is 2. The number of nitrogens with one attached hydrogen (secondary N) is 3. The molecule has 2 aliphatic rings. The van der Waals surface area contributed by atoms with Crippen molar-refractivity contribution in [3.05, 3.63) is 54.6 Å². The van der Waals surface area contributed by atoms with Crippen molar-refractivity contribution >= 4 is 35.1 Å². The van der Waals surface area contributed by atoms with Gasteiger partial charge in [0.05, 0.1) is 0 Å². The van der Waals surface area contributed by atoms with Crippen LogP contribution in [0.5, 0.6) is 5.75 Å². The van der Waals surface area contributed by atoms with Crippen LogP contribution in [0.2, 0.25) is 0 Å². The fraction of sp³-hybridized carbons (Fsp3) is 0.360. The average Bonchev–Trinajstić information content (AvgIpc) is 3.06. The van der Waals surface area contributed by atoms with E-state index in [1.54, 1.807) is 36.4 Å². The number of urea groups is 1. The summed E-state index contributed by atoms with van der Waals surface area (Å²) < 4.78 is 5.53. The fourth-order valence-electron chi connectivity index (χ4n) is 4.34. The Morgan fingerprint density at radius 1 is 0.912 bits per heavy atom. The summed E-state index contributed by atoms with van der Waals surface area (Å²) in [7, 11) is 0. The van der Waals surface area contributed by atoms with E-state index in [4.69, 9.17) is 4.74 Å². The van der Waals surface area contributed by atoms with Crippen molar-refractivity contribution in [2.45, 2.75) is 44.1 Å². The molecule has 0 aromatic heterocycles. The third-order valence-corrected chi connectivity index (χ3v) is 6.06. The average molecular weight is 465 g/mol. The van der Waals surface area contributed by atoms with Gasteiger partial charge in [0.25, 0.3) is 11.8 Å². The van der Waals surface area contributed by atoms with Gasteiger partial charge in [-0.15, -0.1) is 0 Å². The smallest absolute Gasteiger partial charge is 0.325 e. The number of hydrogen-bond donors (Lipinski definition) is 3. The Hall–Kier alpha value is -3.88. The van der Waals surface area contributed by atoms with Gasteiger partial charge in [-0.25, -0.2) is 4.79 Å². The molecule has 34 heavy (non-hydrogen) atoms. The van der Waals surface area contributed by atoms with Crippen LogP contribution in [0.1, 0.15) is 38.5 Å². The van der Waals surface area contributed by atoms with Crippen LogP contribution in [-0.4, -0.2) is 47.3 Å². The third kappa shape index (κ3) is 5.54. The van der Waals surface area contributed by atoms with Crippen molar-refractivity contribution in [3.8, 4) is 5.75 Å². The zero-order valence-electron chi connectivity index (χ0n) is 18.8. The first-order valence-corrected chi connectivity index (χ1v) is 11.5. The molecule has 0 atom stereocenters. The van der Waals surface area contributed by atoms with Gasteiger partial charge < -0.3 is 20.7 Å². The zero-order valence-corrected chi connectivity index (χ0v) is 18.8. The number of nitrogens with zero attached hydrogens (tertiary/aromatic N) is 1. The Labute approximate surface area is 197 Å². The van der Waals surface area contributed by atoms with Crippen LogP contribution in [0.15, 0.2) is 54.6 Å². The molecule has 3 N–H and O–H groups in total. The van der Waals surface area contributed by atoms with Crippen LogP contribution < -0.4 is 20.7 Å². The van der Waals surface area contributed by atoms with E-state index in [9.17, 15) is 19.2 Å². The lowest BCUT2D eigenvalue weighted by molar-refractivity contribution is -0.132. The molecule has 0 unspecified atom stereocenters. The molecular formula is C25H28N4O5. The Kier molecular flexibility index (Phi) is 7.10. The van der Waals surface area contributed by atoms with Crippen molar-refractivity contribution in [1.29, 1.82) is 0 Å². The number of benzene rings is 2. The summed E-state index contributed by atoms with van der Waals surface area (Å²) in [5.41, 5.74) is 0.383. The number of hydrogen-bond acceptors (Lipinski definition) is 5. The number of imide groups is 1. The molecule has 2 aromatic carbocycles. The highest BCUT2D eigenvalue weighted by atomic mass is 16.5. The summed E-state index contributed by atoms with van der Waals surface area (Å²) in [6, 6.07) is 15.3. The van der Waals surface area contributed by atoms with E-state index >= 15 is 0 Å². The van der Waals surface area contributed by atoms with Crippen molar-refractivity contribution in [2.75, 3.05) is 23.8 Å². The van der Waals surface area contributed by atoms with Crippen molar-refractivity contribution in [2.24, 2.45) is 0 Å². The molecule has 1 aliphatic carbocycles. The van der Waals surface area contributed by atoms with Crippen LogP contribution in [-0.2, 0) is 14.4 Å². The highest BCUT2D eigenvalue weighted by molar-refractivity contribution is 6.07. The fourth-order valence-corrected chi connectivity index (χ4v) is 4.34. The molecule has 9 nitrogen and oxygen atoms in total. The number of amides is 5. The second-order valence-electron chi connectivity index (χ2n) is 8.56. The molecular weight excluding hydrogens is 436 g/mol. The number of carbonyl (C=O) groups excluding carboxylic acids is 4. The van der Waals surface area contributed by atoms with E-state index in [1.807, 2.05) is 18.2 Å². The minimum atomic E-state index is -0.787. The maximum atomic E-state index is 12.8. The summed E-state index contributed by atoms with van der Waals surface area (Å²) in [4.78, 5) is 50.8. The molecule has 1 heterocycles. The van der Waals surface area contributed by atoms with Gasteiger partial charge in [-0.3, -0.25) is 19.3 Å². The monoisotopic (exact) mass is 464 g/mol. The van der Waals surface area contributed by atoms with Gasteiger partial charge in [0, 0.05) is 30.4 Å². The SMILES string of the molecule is O=C(CCN1C(=O)NC2(CCCCC2)C1=O)Nc1cccc(OCC(=O)Nc2ccccc2)c1. The van der Waals surface area contributed by atoms with Gasteiger partial charge >= 0.3 is 6.03 Å². The molecule has 178 valence electrons. The van der Waals surface area contributed by atoms with E-state index in [1.165, 1.54) is 0 Å². The molecule has 2 aromatic rings. The second kappa shape index (κ2) is 10.4. The van der Waals surface area contributed by atoms with Gasteiger partial charge in [-0.05, 0) is 37.1 Å². The molecule has 5 amide bonds. The number of ether oxygens (including phenoxy) is 1. The molecule has 2 fully saturated rings. The number of carbonyl (C=O) groups is 4. The van der Waals surface area contributed by atoms with Crippen LogP contribution >= 0.6 is 0 Å². The predicted molar refractivity (Wildman–Crippen MR) is 126 cm³/mol. The van der Waals surface area contributed by atoms with E-state index in [-0.39, 0.29) is 37.3 Å². The first kappa shape index (κ1) is 23.3. The molecule has 9 heteroatoms. The normalized spacial score (nSPS) is 16.8. The minimum Gasteiger partial charge on any atom is -0.484 e. The lowest BCUT2D eigenvalue weighted by atomic mass is 9.82. The molecule has 0 radical (unpaired) electrons. The van der Waals surface area contributed by atoms with Gasteiger partial charge in [0.1, 0.15) is 11.3 Å². The van der Waals surface area contributed by atoms with E-state index < -0.39 is 11.6 Å². The van der Waals surface area contributed by atoms with Gasteiger partial charge in [-0.1, -0.05) is 43.5 Å². The van der Waals surface area contributed by atoms with Crippen LogP contribution in [0.3, 0.4) is 0 Å². The Balaban J connectivity index is 1.25. The molecule has 4 rings (SSSR count). The Bertz CT molecular complexity index is 1070. The maximum absolute atomic E-state index is 12.8. The largest absolute Gasteiger partial charge is 0.484 e. The highest BCUT2D eigenvalue weighted by Gasteiger charge is 2.51. The van der Waals surface area contributed by atoms with Crippen molar-refractivity contribution < 1.29 is 23.9 Å². The lowest BCUT2D eigenvalue weighted by Crippen LogP contribution is -2.48. The van der Waals surface area contributed by atoms with Crippen molar-refractivity contribution in [3.63, 3.8) is 0 Å². The summed E-state index contributed by atoms with van der Waals surface area (Å²) in [5, 5.41) is 8.32. The van der Waals surface area contributed by atoms with E-state index in [0.717, 1.165) is 24.2 Å². The highest BCUT2D eigenvalue weighted by Crippen LogP contribution is 2.33. The quantitative estimate of drug-likeness (QED) is 0.519. The first-order chi connectivity index (χ1) is 16.4. The molecule has 0 bridgehead atoms. The standard InChI is InChI=1S/C25H28N4O5/c30-21(12-15-29-23(32)25(28-24(29)33)13-5-2-6-14-25)27-19-10-7-11-20(16-19)34-17-22(31)26-18-8-3-1-4-9-18/h1,3-4,7-11,16H,2,5-6,12-15,17H2,(H,26,31)(H,27,30)(H,28,33). The van der Waals surface area contributed by atoms with Crippen LogP contribution in [0.4, 0.5) is 16.2 Å². The summed E-state index contributed by atoms with van der Waals surface area (Å²) in [6.07, 6.45) is 4.17. The Morgan fingerprint density at radius 3 is 2.38 bits per heavy atom. The van der Waals surface area contributed by atoms with E-state index in [2.05, 4.69) is 16.0 Å². The third-order valence-electron chi connectivity index (χ3n) is 6.06. The molecule has 1 aliphatic heterocycles. The second-order valence-corrected chi connectivity index (χ2v) is 8.56. The molecule has 1 spiro atoms. The zero-order chi connectivity index (χ0) is 24.0. The summed E-state index contributed by atoms with van der Waals surface area (Å²) in [6.45, 7) is -0.158. The van der Waals surface area contributed by atoms with Gasteiger partial charge in [-0.2, -0.15) is 0 Å². The Morgan fingerprint density at radius 2 is 1.62 bits per heavy atom. The molecule has 1 saturated heterocycles. The topological polar surface area (TPSA) is 117 Å². The van der Waals surface area contributed by atoms with E-state index in [0.29, 0.717) is 30.0 Å². The predicted octanol–water partition coefficient (Wildman–Crippen LogP) is 3.29. The maximum Gasteiger partial charge on any atom is 0.325 e. The van der Waals surface area contributed by atoms with Crippen molar-refractivity contribution in [1.82, 2.24) is 10.2 Å². The molecule has 1 saturated carbocycles. The first-order valence-electron chi connectivity index (χ1n) is 11.5. The summed E-state index contributed by atoms with van der Waals surface area (Å²) in [5.74, 6) is -0.433.